The first-order valence-corrected chi connectivity index (χ1v) is 7.80. The molecule has 0 aliphatic carbocycles. The maximum Gasteiger partial charge on any atom is 0.276 e. The summed E-state index contributed by atoms with van der Waals surface area (Å²) in [6.07, 6.45) is 3.01. The predicted octanol–water partition coefficient (Wildman–Crippen LogP) is 4.08. The van der Waals surface area contributed by atoms with Crippen molar-refractivity contribution in [1.29, 1.82) is 0 Å². The zero-order valence-corrected chi connectivity index (χ0v) is 14.7. The lowest BCUT2D eigenvalue weighted by molar-refractivity contribution is 0.0536. The van der Waals surface area contributed by atoms with E-state index < -0.39 is 5.91 Å². The van der Waals surface area contributed by atoms with E-state index in [1.54, 1.807) is 6.08 Å². The Morgan fingerprint density at radius 2 is 2.00 bits per heavy atom. The Hall–Kier alpha value is -1.04. The van der Waals surface area contributed by atoms with Crippen molar-refractivity contribution >= 4 is 33.4 Å². The molecule has 0 saturated carbocycles. The fourth-order valence-corrected chi connectivity index (χ4v) is 3.40. The number of halogens is 2. The summed E-state index contributed by atoms with van der Waals surface area (Å²) in [5.41, 5.74) is 4.44. The normalized spacial score (nSPS) is 10.3. The molecule has 1 aromatic rings. The van der Waals surface area contributed by atoms with Gasteiger partial charge in [0.15, 0.2) is 0 Å². The largest absolute Gasteiger partial charge is 0.488 e. The van der Waals surface area contributed by atoms with Gasteiger partial charge in [0.1, 0.15) is 12.4 Å². The van der Waals surface area contributed by atoms with Gasteiger partial charge in [0, 0.05) is 10.0 Å². The van der Waals surface area contributed by atoms with Gasteiger partial charge in [0.2, 0.25) is 0 Å². The number of ether oxygens (including phenoxy) is 1. The second kappa shape index (κ2) is 8.41. The molecule has 1 N–H and O–H groups in total. The highest BCUT2D eigenvalue weighted by Crippen LogP contribution is 2.41. The van der Waals surface area contributed by atoms with Crippen LogP contribution in [-0.4, -0.2) is 19.6 Å². The number of rotatable bonds is 7. The fraction of sp³-hybridized carbons (Fsp3) is 0.400. The third-order valence-electron chi connectivity index (χ3n) is 3.00. The molecule has 0 fully saturated rings. The van der Waals surface area contributed by atoms with Gasteiger partial charge in [-0.25, -0.2) is 5.48 Å². The minimum absolute atomic E-state index is 0.295. The van der Waals surface area contributed by atoms with Crippen molar-refractivity contribution < 1.29 is 14.4 Å². The van der Waals surface area contributed by atoms with E-state index in [1.165, 1.54) is 7.11 Å². The summed E-state index contributed by atoms with van der Waals surface area (Å²) in [5.74, 6) is 0.107. The Morgan fingerprint density at radius 3 is 2.48 bits per heavy atom. The molecule has 0 heterocycles. The van der Waals surface area contributed by atoms with Crippen LogP contribution in [0.25, 0.3) is 0 Å². The first-order valence-electron chi connectivity index (χ1n) is 6.63. The molecular weight excluding hydrogens is 358 g/mol. The molecule has 1 aromatic carbocycles. The topological polar surface area (TPSA) is 47.6 Å². The van der Waals surface area contributed by atoms with Crippen LogP contribution in [0.2, 0.25) is 5.02 Å². The Kier molecular flexibility index (Phi) is 7.22. The van der Waals surface area contributed by atoms with E-state index in [2.05, 4.69) is 28.0 Å². The molecule has 0 radical (unpaired) electrons. The van der Waals surface area contributed by atoms with Gasteiger partial charge in [-0.2, -0.15) is 0 Å². The maximum absolute atomic E-state index is 12.2. The van der Waals surface area contributed by atoms with Crippen LogP contribution in [0.1, 0.15) is 35.3 Å². The van der Waals surface area contributed by atoms with Crippen LogP contribution in [0, 0.1) is 0 Å². The summed E-state index contributed by atoms with van der Waals surface area (Å²) in [7, 11) is 1.38. The first kappa shape index (κ1) is 18.0. The summed E-state index contributed by atoms with van der Waals surface area (Å²) in [6.45, 7) is 7.91. The highest BCUT2D eigenvalue weighted by molar-refractivity contribution is 9.10. The standard InChI is InChI=1S/C15H19BrClNO3/c1-5-8-21-14-10(7-3)12(16)9(6-2)11(13(14)17)15(19)18-20-4/h5H,1,6-8H2,2-4H3,(H,18,19). The van der Waals surface area contributed by atoms with Crippen LogP contribution in [0.15, 0.2) is 17.1 Å². The van der Waals surface area contributed by atoms with E-state index >= 15 is 0 Å². The number of hydroxylamine groups is 1. The molecule has 4 nitrogen and oxygen atoms in total. The van der Waals surface area contributed by atoms with Crippen molar-refractivity contribution in [2.45, 2.75) is 26.7 Å². The summed E-state index contributed by atoms with van der Waals surface area (Å²) >= 11 is 9.98. The Bertz CT molecular complexity index is 546. The Morgan fingerprint density at radius 1 is 1.38 bits per heavy atom. The van der Waals surface area contributed by atoms with E-state index in [9.17, 15) is 4.79 Å². The Labute approximate surface area is 138 Å². The van der Waals surface area contributed by atoms with Crippen molar-refractivity contribution in [1.82, 2.24) is 5.48 Å². The van der Waals surface area contributed by atoms with Gasteiger partial charge >= 0.3 is 0 Å². The van der Waals surface area contributed by atoms with Gasteiger partial charge in [-0.3, -0.25) is 9.63 Å². The minimum Gasteiger partial charge on any atom is -0.488 e. The van der Waals surface area contributed by atoms with Gasteiger partial charge in [-0.1, -0.05) is 54.0 Å². The number of hydrogen-bond donors (Lipinski definition) is 1. The molecule has 0 aromatic heterocycles. The van der Waals surface area contributed by atoms with Crippen LogP contribution in [-0.2, 0) is 17.7 Å². The molecule has 21 heavy (non-hydrogen) atoms. The van der Waals surface area contributed by atoms with Gasteiger partial charge in [0.25, 0.3) is 5.91 Å². The second-order valence-corrected chi connectivity index (χ2v) is 5.40. The minimum atomic E-state index is -0.397. The number of carbonyl (C=O) groups excluding carboxylic acids is 1. The number of benzene rings is 1. The molecule has 0 bridgehead atoms. The van der Waals surface area contributed by atoms with E-state index in [0.717, 1.165) is 22.0 Å². The van der Waals surface area contributed by atoms with Crippen LogP contribution >= 0.6 is 27.5 Å². The van der Waals surface area contributed by atoms with E-state index in [-0.39, 0.29) is 0 Å². The third kappa shape index (κ3) is 3.78. The Balaban J connectivity index is 3.57. The van der Waals surface area contributed by atoms with E-state index in [4.69, 9.17) is 21.2 Å². The molecule has 1 rings (SSSR count). The van der Waals surface area contributed by atoms with Crippen molar-refractivity contribution in [2.75, 3.05) is 13.7 Å². The number of carbonyl (C=O) groups is 1. The van der Waals surface area contributed by atoms with Gasteiger partial charge < -0.3 is 4.74 Å². The zero-order valence-electron chi connectivity index (χ0n) is 12.4. The number of amides is 1. The summed E-state index contributed by atoms with van der Waals surface area (Å²) in [5, 5.41) is 0.295. The third-order valence-corrected chi connectivity index (χ3v) is 4.32. The van der Waals surface area contributed by atoms with Crippen LogP contribution in [0.3, 0.4) is 0 Å². The molecule has 0 aliphatic heterocycles. The molecule has 1 amide bonds. The van der Waals surface area contributed by atoms with Crippen molar-refractivity contribution in [2.24, 2.45) is 0 Å². The zero-order chi connectivity index (χ0) is 16.0. The maximum atomic E-state index is 12.2. The fourth-order valence-electron chi connectivity index (χ4n) is 2.09. The lowest BCUT2D eigenvalue weighted by atomic mass is 9.98. The van der Waals surface area contributed by atoms with Crippen molar-refractivity contribution in [3.63, 3.8) is 0 Å². The summed E-state index contributed by atoms with van der Waals surface area (Å²) in [4.78, 5) is 16.9. The van der Waals surface area contributed by atoms with Crippen molar-refractivity contribution in [3.8, 4) is 5.75 Å². The molecule has 6 heteroatoms. The summed E-state index contributed by atoms with van der Waals surface area (Å²) in [6, 6.07) is 0. The van der Waals surface area contributed by atoms with E-state index in [1.807, 2.05) is 13.8 Å². The van der Waals surface area contributed by atoms with Crippen LogP contribution in [0.5, 0.6) is 5.75 Å². The SMILES string of the molecule is C=CCOc1c(Cl)c(C(=O)NOC)c(CC)c(Br)c1CC. The number of nitrogens with one attached hydrogen (secondary N) is 1. The van der Waals surface area contributed by atoms with Crippen LogP contribution in [0.4, 0.5) is 0 Å². The molecular formula is C15H19BrClNO3. The smallest absolute Gasteiger partial charge is 0.276 e. The quantitative estimate of drug-likeness (QED) is 0.576. The monoisotopic (exact) mass is 375 g/mol. The predicted molar refractivity (Wildman–Crippen MR) is 88.1 cm³/mol. The average molecular weight is 377 g/mol. The van der Waals surface area contributed by atoms with Crippen molar-refractivity contribution in [3.05, 3.63) is 38.8 Å². The highest BCUT2D eigenvalue weighted by atomic mass is 79.9. The molecule has 0 unspecified atom stereocenters. The number of hydrogen-bond acceptors (Lipinski definition) is 3. The van der Waals surface area contributed by atoms with Gasteiger partial charge in [-0.15, -0.1) is 0 Å². The van der Waals surface area contributed by atoms with E-state index in [0.29, 0.717) is 29.4 Å². The van der Waals surface area contributed by atoms with Gasteiger partial charge in [0.05, 0.1) is 17.7 Å². The lowest BCUT2D eigenvalue weighted by Gasteiger charge is -2.20. The van der Waals surface area contributed by atoms with Crippen LogP contribution < -0.4 is 10.2 Å². The van der Waals surface area contributed by atoms with Gasteiger partial charge in [-0.05, 0) is 18.4 Å². The molecule has 0 aliphatic rings. The molecule has 0 atom stereocenters. The molecule has 0 spiro atoms. The lowest BCUT2D eigenvalue weighted by Crippen LogP contribution is -2.24. The first-order chi connectivity index (χ1) is 10.0. The molecule has 0 saturated heterocycles. The molecule has 116 valence electrons. The summed E-state index contributed by atoms with van der Waals surface area (Å²) < 4.78 is 6.50. The average Bonchev–Trinajstić information content (AvgIpc) is 2.47. The highest BCUT2D eigenvalue weighted by Gasteiger charge is 2.25. The second-order valence-electron chi connectivity index (χ2n) is 4.23.